The number of hydrogen-bond donors (Lipinski definition) is 1. The van der Waals surface area contributed by atoms with Gasteiger partial charge in [-0.2, -0.15) is 0 Å². The molecule has 0 spiro atoms. The molecule has 0 aliphatic carbocycles. The number of rotatable bonds is 26. The third-order valence-electron chi connectivity index (χ3n) is 10.3. The van der Waals surface area contributed by atoms with Crippen molar-refractivity contribution in [3.05, 3.63) is 68.2 Å². The Morgan fingerprint density at radius 2 is 1.18 bits per heavy atom. The average Bonchev–Trinajstić information content (AvgIpc) is 3.57. The maximum atomic E-state index is 11.4. The van der Waals surface area contributed by atoms with Gasteiger partial charge in [0.1, 0.15) is 5.82 Å². The summed E-state index contributed by atoms with van der Waals surface area (Å²) in [6.07, 6.45) is 22.8. The molecule has 2 heterocycles. The first-order valence-corrected chi connectivity index (χ1v) is 21.8. The van der Waals surface area contributed by atoms with Crippen molar-refractivity contribution < 1.29 is 24.4 Å². The summed E-state index contributed by atoms with van der Waals surface area (Å²) < 4.78 is 4.53. The van der Waals surface area contributed by atoms with Crippen LogP contribution in [0, 0.1) is 0 Å². The van der Waals surface area contributed by atoms with Gasteiger partial charge in [0.2, 0.25) is 0 Å². The number of aryl methyl sites for hydroxylation is 2. The Kier molecular flexibility index (Phi) is 19.0. The number of anilines is 2. The van der Waals surface area contributed by atoms with Gasteiger partial charge in [-0.05, 0) is 69.6 Å². The lowest BCUT2D eigenvalue weighted by atomic mass is 10.1. The van der Waals surface area contributed by atoms with E-state index in [1.165, 1.54) is 51.4 Å². The number of aliphatic carboxylic acids is 2. The van der Waals surface area contributed by atoms with Crippen LogP contribution in [0.2, 0.25) is 20.1 Å². The minimum atomic E-state index is -1.05. The zero-order valence-corrected chi connectivity index (χ0v) is 35.6. The van der Waals surface area contributed by atoms with Crippen LogP contribution in [0.1, 0.15) is 135 Å². The Morgan fingerprint density at radius 3 is 1.78 bits per heavy atom. The summed E-state index contributed by atoms with van der Waals surface area (Å²) in [6, 6.07) is 7.71. The number of aromatic nitrogens is 2. The molecular weight excluding hydrogens is 778 g/mol. The number of benzene rings is 2. The maximum Gasteiger partial charge on any atom is 0.303 e. The molecule has 0 fully saturated rings. The van der Waals surface area contributed by atoms with Gasteiger partial charge in [0, 0.05) is 43.7 Å². The van der Waals surface area contributed by atoms with E-state index in [9.17, 15) is 19.8 Å². The van der Waals surface area contributed by atoms with Crippen molar-refractivity contribution >= 4 is 86.8 Å². The van der Waals surface area contributed by atoms with Crippen molar-refractivity contribution in [1.29, 1.82) is 0 Å². The Balaban J connectivity index is 1.77. The molecule has 0 bridgehead atoms. The van der Waals surface area contributed by atoms with E-state index in [4.69, 9.17) is 46.4 Å². The molecule has 302 valence electrons. The first kappa shape index (κ1) is 44.8. The molecule has 1 aliphatic rings. The second-order valence-electron chi connectivity index (χ2n) is 14.6. The fraction of sp³-hybridized carbons (Fsp3) is 0.558. The van der Waals surface area contributed by atoms with Crippen LogP contribution in [0.25, 0.3) is 17.1 Å². The first-order valence-electron chi connectivity index (χ1n) is 20.3. The van der Waals surface area contributed by atoms with Crippen molar-refractivity contribution in [2.45, 2.75) is 143 Å². The van der Waals surface area contributed by atoms with E-state index < -0.39 is 11.9 Å². The van der Waals surface area contributed by atoms with Gasteiger partial charge in [-0.25, -0.2) is 9.13 Å². The van der Waals surface area contributed by atoms with E-state index in [1.807, 2.05) is 24.3 Å². The Hall–Kier alpha value is -2.91. The molecular formula is C43H58Cl4N4O4. The van der Waals surface area contributed by atoms with Gasteiger partial charge in [-0.15, -0.1) is 0 Å². The summed E-state index contributed by atoms with van der Waals surface area (Å²) in [4.78, 5) is 27.2. The molecule has 3 aromatic rings. The summed E-state index contributed by atoms with van der Waals surface area (Å²) in [7, 11) is 0. The van der Waals surface area contributed by atoms with Gasteiger partial charge in [-0.3, -0.25) is 4.79 Å². The van der Waals surface area contributed by atoms with E-state index in [1.54, 1.807) is 0 Å². The van der Waals surface area contributed by atoms with Crippen LogP contribution >= 0.6 is 46.4 Å². The number of hydrogen-bond acceptors (Lipinski definition) is 5. The minimum absolute atomic E-state index is 0.00610. The topological polar surface area (TPSA) is 92.7 Å². The van der Waals surface area contributed by atoms with Crippen LogP contribution in [-0.4, -0.2) is 34.7 Å². The fourth-order valence-electron chi connectivity index (χ4n) is 7.41. The Bertz CT molecular complexity index is 1790. The lowest BCUT2D eigenvalue weighted by molar-refractivity contribution is -0.674. The van der Waals surface area contributed by atoms with Crippen molar-refractivity contribution in [3.63, 3.8) is 0 Å². The van der Waals surface area contributed by atoms with E-state index in [2.05, 4.69) is 51.0 Å². The molecule has 4 rings (SSSR count). The Labute approximate surface area is 347 Å². The number of imidazole rings is 1. The first-order chi connectivity index (χ1) is 26.6. The quantitative estimate of drug-likeness (QED) is 0.0639. The molecule has 0 saturated heterocycles. The Morgan fingerprint density at radius 1 is 0.673 bits per heavy atom. The predicted molar refractivity (Wildman–Crippen MR) is 228 cm³/mol. The number of carbonyl (C=O) groups excluding carboxylic acids is 1. The van der Waals surface area contributed by atoms with Gasteiger partial charge >= 0.3 is 5.97 Å². The van der Waals surface area contributed by atoms with E-state index in [0.717, 1.165) is 72.8 Å². The molecule has 0 unspecified atom stereocenters. The summed E-state index contributed by atoms with van der Waals surface area (Å²) in [5.41, 5.74) is 3.88. The number of carboxylic acid groups (broad SMARTS) is 2. The zero-order chi connectivity index (χ0) is 39.7. The molecule has 1 aromatic heterocycles. The lowest BCUT2D eigenvalue weighted by Crippen LogP contribution is -2.36. The standard InChI is InChI=1S/C43H58Cl4N4O4/c1-3-5-7-9-11-15-24-48-36-28-32(44)34(46)30-38(36)50(26-17-13-22-42(52)53)40(48)20-19-21-41-49(25-16-12-10-8-6-4-2)37-29-33(45)35(47)31-39(37)51(41)27-18-14-23-43(54)55/h19-21,28-31H,3-18,22-27H2,1-2H3,(H-,52,53,54,55). The van der Waals surface area contributed by atoms with Crippen molar-refractivity contribution in [3.8, 4) is 0 Å². The normalized spacial score (nSPS) is 13.6. The summed E-state index contributed by atoms with van der Waals surface area (Å²) in [5.74, 6) is 0.116. The third kappa shape index (κ3) is 13.1. The van der Waals surface area contributed by atoms with Crippen LogP contribution in [0.15, 0.2) is 42.2 Å². The molecule has 0 amide bonds. The average molecular weight is 837 g/mol. The van der Waals surface area contributed by atoms with Crippen LogP contribution in [0.4, 0.5) is 11.4 Å². The van der Waals surface area contributed by atoms with Gasteiger partial charge in [-0.1, -0.05) is 124 Å². The molecule has 12 heteroatoms. The van der Waals surface area contributed by atoms with Crippen molar-refractivity contribution in [1.82, 2.24) is 4.57 Å². The molecule has 2 aromatic carbocycles. The SMILES string of the molecule is CCCCCCCCN1/C(=C\C=C\c2n(CCCCC(=O)[O-])c3cc(Cl)c(Cl)cc3[n+]2CCCCCCCC)N(CCCCC(=O)O)c2cc(Cl)c(Cl)cc21. The second kappa shape index (κ2) is 23.4. The van der Waals surface area contributed by atoms with Gasteiger partial charge in [0.25, 0.3) is 5.82 Å². The highest BCUT2D eigenvalue weighted by Gasteiger charge is 2.32. The number of carbonyl (C=O) groups is 2. The summed E-state index contributed by atoms with van der Waals surface area (Å²) in [6.45, 7) is 7.27. The number of unbranched alkanes of at least 4 members (excludes halogenated alkanes) is 12. The monoisotopic (exact) mass is 834 g/mol. The fourth-order valence-corrected chi connectivity index (χ4v) is 8.04. The molecule has 8 nitrogen and oxygen atoms in total. The molecule has 0 radical (unpaired) electrons. The van der Waals surface area contributed by atoms with Crippen LogP contribution in [0.5, 0.6) is 0 Å². The number of nitrogens with zero attached hydrogens (tertiary/aromatic N) is 4. The maximum absolute atomic E-state index is 11.4. The van der Waals surface area contributed by atoms with E-state index in [-0.39, 0.29) is 12.8 Å². The second-order valence-corrected chi connectivity index (χ2v) is 16.2. The zero-order valence-electron chi connectivity index (χ0n) is 32.6. The van der Waals surface area contributed by atoms with Crippen molar-refractivity contribution in [2.24, 2.45) is 0 Å². The number of carboxylic acids is 2. The molecule has 1 N–H and O–H groups in total. The highest BCUT2D eigenvalue weighted by molar-refractivity contribution is 6.43. The largest absolute Gasteiger partial charge is 0.550 e. The minimum Gasteiger partial charge on any atom is -0.550 e. The van der Waals surface area contributed by atoms with Crippen LogP contribution in [0.3, 0.4) is 0 Å². The number of allylic oxidation sites excluding steroid dienone is 2. The summed E-state index contributed by atoms with van der Waals surface area (Å²) in [5, 5.41) is 22.5. The highest BCUT2D eigenvalue weighted by atomic mass is 35.5. The molecule has 55 heavy (non-hydrogen) atoms. The van der Waals surface area contributed by atoms with Crippen LogP contribution in [-0.2, 0) is 22.7 Å². The third-order valence-corrected chi connectivity index (χ3v) is 11.7. The molecule has 0 atom stereocenters. The number of fused-ring (bicyclic) bond motifs is 2. The summed E-state index contributed by atoms with van der Waals surface area (Å²) >= 11 is 26.5. The van der Waals surface area contributed by atoms with E-state index >= 15 is 0 Å². The van der Waals surface area contributed by atoms with Gasteiger partial charge in [0.05, 0.1) is 44.6 Å². The van der Waals surface area contributed by atoms with Gasteiger partial charge < -0.3 is 24.8 Å². The molecule has 1 aliphatic heterocycles. The van der Waals surface area contributed by atoms with Gasteiger partial charge in [0.15, 0.2) is 11.0 Å². The lowest BCUT2D eigenvalue weighted by Gasteiger charge is -2.25. The predicted octanol–water partition coefficient (Wildman–Crippen LogP) is 11.6. The van der Waals surface area contributed by atoms with E-state index in [0.29, 0.717) is 58.9 Å². The molecule has 0 saturated carbocycles. The highest BCUT2D eigenvalue weighted by Crippen LogP contribution is 2.46. The smallest absolute Gasteiger partial charge is 0.303 e. The van der Waals surface area contributed by atoms with Crippen LogP contribution < -0.4 is 19.5 Å². The number of halogens is 4. The van der Waals surface area contributed by atoms with Crippen molar-refractivity contribution in [2.75, 3.05) is 22.9 Å².